The predicted molar refractivity (Wildman–Crippen MR) is 128 cm³/mol. The quantitative estimate of drug-likeness (QED) is 0.677. The number of piperazine rings is 1. The topological polar surface area (TPSA) is 60.9 Å². The van der Waals surface area contributed by atoms with Crippen molar-refractivity contribution in [1.82, 2.24) is 9.21 Å². The average molecular weight is 474 g/mol. The molecule has 0 aromatic heterocycles. The molecule has 0 radical (unpaired) electrons. The standard InChI is InChI=1S/C25H32FN3O3S/c1-18-8-10-29(11-9-18)33(31,32)24-17-21(16-19(2)20(24)3)25(30)28-14-12-27(13-15-28)23-7-5-4-6-22(23)26/h4-7,16-18H,8-15H2,1-3H3. The fraction of sp³-hybridized carbons (Fsp3) is 0.480. The monoisotopic (exact) mass is 473 g/mol. The minimum atomic E-state index is -3.66. The Bertz CT molecular complexity index is 1140. The van der Waals surface area contributed by atoms with Crippen LogP contribution in [-0.2, 0) is 10.0 Å². The van der Waals surface area contributed by atoms with E-state index in [2.05, 4.69) is 6.92 Å². The van der Waals surface area contributed by atoms with E-state index in [0.717, 1.165) is 18.4 Å². The van der Waals surface area contributed by atoms with Gasteiger partial charge in [0.15, 0.2) is 0 Å². The van der Waals surface area contributed by atoms with Gasteiger partial charge in [0.2, 0.25) is 10.0 Å². The second kappa shape index (κ2) is 9.43. The van der Waals surface area contributed by atoms with Crippen molar-refractivity contribution in [1.29, 1.82) is 0 Å². The third-order valence-electron chi connectivity index (χ3n) is 6.99. The lowest BCUT2D eigenvalue weighted by molar-refractivity contribution is 0.0746. The molecule has 178 valence electrons. The highest BCUT2D eigenvalue weighted by atomic mass is 32.2. The maximum Gasteiger partial charge on any atom is 0.254 e. The number of hydrogen-bond donors (Lipinski definition) is 0. The number of halogens is 1. The Morgan fingerprint density at radius 1 is 0.970 bits per heavy atom. The molecule has 0 bridgehead atoms. The first-order valence-corrected chi connectivity index (χ1v) is 13.0. The fourth-order valence-corrected chi connectivity index (χ4v) is 6.42. The number of para-hydroxylation sites is 1. The first kappa shape index (κ1) is 23.7. The molecule has 0 N–H and O–H groups in total. The minimum Gasteiger partial charge on any atom is -0.366 e. The number of piperidine rings is 1. The molecule has 2 aliphatic rings. The molecule has 0 atom stereocenters. The molecule has 1 amide bonds. The van der Waals surface area contributed by atoms with Gasteiger partial charge >= 0.3 is 0 Å². The van der Waals surface area contributed by atoms with E-state index in [1.165, 1.54) is 6.07 Å². The lowest BCUT2D eigenvalue weighted by atomic mass is 10.0. The number of anilines is 1. The summed E-state index contributed by atoms with van der Waals surface area (Å²) >= 11 is 0. The van der Waals surface area contributed by atoms with Gasteiger partial charge in [-0.2, -0.15) is 4.31 Å². The number of benzene rings is 2. The zero-order valence-corrected chi connectivity index (χ0v) is 20.4. The summed E-state index contributed by atoms with van der Waals surface area (Å²) in [7, 11) is -3.66. The summed E-state index contributed by atoms with van der Waals surface area (Å²) in [5.41, 5.74) is 2.41. The lowest BCUT2D eigenvalue weighted by Gasteiger charge is -2.36. The number of carbonyl (C=O) groups is 1. The van der Waals surface area contributed by atoms with E-state index in [-0.39, 0.29) is 16.6 Å². The summed E-state index contributed by atoms with van der Waals surface area (Å²) in [5, 5.41) is 0. The molecule has 0 unspecified atom stereocenters. The van der Waals surface area contributed by atoms with E-state index in [9.17, 15) is 17.6 Å². The van der Waals surface area contributed by atoms with Gasteiger partial charge in [0.05, 0.1) is 10.6 Å². The molecule has 2 aromatic rings. The molecule has 4 rings (SSSR count). The van der Waals surface area contributed by atoms with Gasteiger partial charge in [0.25, 0.3) is 5.91 Å². The molecule has 2 aliphatic heterocycles. The Morgan fingerprint density at radius 3 is 2.24 bits per heavy atom. The van der Waals surface area contributed by atoms with Crippen molar-refractivity contribution in [3.05, 3.63) is 58.9 Å². The summed E-state index contributed by atoms with van der Waals surface area (Å²) < 4.78 is 42.5. The van der Waals surface area contributed by atoms with Crippen LogP contribution >= 0.6 is 0 Å². The van der Waals surface area contributed by atoms with Gasteiger partial charge in [0, 0.05) is 44.8 Å². The second-order valence-corrected chi connectivity index (χ2v) is 11.1. The van der Waals surface area contributed by atoms with E-state index in [1.54, 1.807) is 46.5 Å². The van der Waals surface area contributed by atoms with E-state index in [4.69, 9.17) is 0 Å². The van der Waals surface area contributed by atoms with E-state index >= 15 is 0 Å². The Morgan fingerprint density at radius 2 is 1.61 bits per heavy atom. The van der Waals surface area contributed by atoms with E-state index in [0.29, 0.717) is 62.0 Å². The highest BCUT2D eigenvalue weighted by molar-refractivity contribution is 7.89. The zero-order chi connectivity index (χ0) is 23.8. The smallest absolute Gasteiger partial charge is 0.254 e. The molecule has 2 aromatic carbocycles. The van der Waals surface area contributed by atoms with Crippen LogP contribution in [0.5, 0.6) is 0 Å². The summed E-state index contributed by atoms with van der Waals surface area (Å²) in [6.07, 6.45) is 1.70. The van der Waals surface area contributed by atoms with Crippen LogP contribution in [0, 0.1) is 25.6 Å². The molecule has 6 nitrogen and oxygen atoms in total. The third kappa shape index (κ3) is 4.77. The van der Waals surface area contributed by atoms with Crippen molar-refractivity contribution in [2.45, 2.75) is 38.5 Å². The molecule has 0 aliphatic carbocycles. The maximum absolute atomic E-state index is 14.1. The van der Waals surface area contributed by atoms with Gasteiger partial charge in [-0.15, -0.1) is 0 Å². The second-order valence-electron chi connectivity index (χ2n) is 9.23. The van der Waals surface area contributed by atoms with Crippen LogP contribution < -0.4 is 4.90 Å². The van der Waals surface area contributed by atoms with Crippen molar-refractivity contribution in [3.63, 3.8) is 0 Å². The molecule has 2 saturated heterocycles. The van der Waals surface area contributed by atoms with Crippen LogP contribution in [0.4, 0.5) is 10.1 Å². The minimum absolute atomic E-state index is 0.185. The fourth-order valence-electron chi connectivity index (χ4n) is 4.62. The van der Waals surface area contributed by atoms with E-state index in [1.807, 2.05) is 11.8 Å². The Labute approximate surface area is 196 Å². The molecular weight excluding hydrogens is 441 g/mol. The average Bonchev–Trinajstić information content (AvgIpc) is 2.81. The van der Waals surface area contributed by atoms with Crippen molar-refractivity contribution in [2.75, 3.05) is 44.2 Å². The van der Waals surface area contributed by atoms with Crippen LogP contribution in [0.2, 0.25) is 0 Å². The van der Waals surface area contributed by atoms with Crippen molar-refractivity contribution in [2.24, 2.45) is 5.92 Å². The molecule has 2 heterocycles. The highest BCUT2D eigenvalue weighted by Gasteiger charge is 2.31. The van der Waals surface area contributed by atoms with Gasteiger partial charge in [0.1, 0.15) is 5.82 Å². The first-order chi connectivity index (χ1) is 15.7. The summed E-state index contributed by atoms with van der Waals surface area (Å²) in [6, 6.07) is 9.96. The summed E-state index contributed by atoms with van der Waals surface area (Å²) in [4.78, 5) is 17.2. The Kier molecular flexibility index (Phi) is 6.77. The number of rotatable bonds is 4. The lowest BCUT2D eigenvalue weighted by Crippen LogP contribution is -2.49. The number of aryl methyl sites for hydroxylation is 1. The third-order valence-corrected chi connectivity index (χ3v) is 9.01. The molecular formula is C25H32FN3O3S. The molecule has 0 spiro atoms. The largest absolute Gasteiger partial charge is 0.366 e. The van der Waals surface area contributed by atoms with Crippen LogP contribution in [0.25, 0.3) is 0 Å². The molecule has 2 fully saturated rings. The molecule has 8 heteroatoms. The normalized spacial score (nSPS) is 18.5. The zero-order valence-electron chi connectivity index (χ0n) is 19.6. The number of amides is 1. The molecule has 33 heavy (non-hydrogen) atoms. The van der Waals surface area contributed by atoms with Crippen LogP contribution in [0.3, 0.4) is 0 Å². The van der Waals surface area contributed by atoms with Crippen molar-refractivity contribution in [3.8, 4) is 0 Å². The van der Waals surface area contributed by atoms with Gasteiger partial charge in [-0.3, -0.25) is 4.79 Å². The number of carbonyl (C=O) groups excluding carboxylic acids is 1. The van der Waals surface area contributed by atoms with Crippen LogP contribution in [0.1, 0.15) is 41.3 Å². The van der Waals surface area contributed by atoms with Gasteiger partial charge in [-0.05, 0) is 68.0 Å². The SMILES string of the molecule is Cc1cc(C(=O)N2CCN(c3ccccc3F)CC2)cc(S(=O)(=O)N2CCC(C)CC2)c1C. The summed E-state index contributed by atoms with van der Waals surface area (Å²) in [5.74, 6) is 0.0682. The Hall–Kier alpha value is -2.45. The van der Waals surface area contributed by atoms with Crippen molar-refractivity contribution >= 4 is 21.6 Å². The van der Waals surface area contributed by atoms with Gasteiger partial charge in [-0.25, -0.2) is 12.8 Å². The van der Waals surface area contributed by atoms with Gasteiger partial charge < -0.3 is 9.80 Å². The van der Waals surface area contributed by atoms with Crippen LogP contribution in [0.15, 0.2) is 41.3 Å². The van der Waals surface area contributed by atoms with Gasteiger partial charge in [-0.1, -0.05) is 19.1 Å². The van der Waals surface area contributed by atoms with E-state index < -0.39 is 10.0 Å². The first-order valence-electron chi connectivity index (χ1n) is 11.6. The Balaban J connectivity index is 1.53. The van der Waals surface area contributed by atoms with Crippen molar-refractivity contribution < 1.29 is 17.6 Å². The molecule has 0 saturated carbocycles. The number of nitrogens with zero attached hydrogens (tertiary/aromatic N) is 3. The summed E-state index contributed by atoms with van der Waals surface area (Å²) in [6.45, 7) is 8.76. The predicted octanol–water partition coefficient (Wildman–Crippen LogP) is 3.83. The highest BCUT2D eigenvalue weighted by Crippen LogP contribution is 2.29. The number of hydrogen-bond acceptors (Lipinski definition) is 4. The maximum atomic E-state index is 14.1. The van der Waals surface area contributed by atoms with Crippen LogP contribution in [-0.4, -0.2) is 62.8 Å². The number of sulfonamides is 1.